The van der Waals surface area contributed by atoms with E-state index in [-0.39, 0.29) is 19.0 Å². The molecule has 2 rings (SSSR count). The third-order valence-electron chi connectivity index (χ3n) is 5.15. The molecule has 0 saturated carbocycles. The molecule has 0 aliphatic carbocycles. The maximum Gasteiger partial charge on any atom is 0.407 e. The largest absolute Gasteiger partial charge is 0.497 e. The van der Waals surface area contributed by atoms with E-state index in [9.17, 15) is 14.4 Å². The van der Waals surface area contributed by atoms with Gasteiger partial charge in [0, 0.05) is 12.1 Å². The van der Waals surface area contributed by atoms with Crippen molar-refractivity contribution in [2.45, 2.75) is 71.6 Å². The Morgan fingerprint density at radius 1 is 0.865 bits per heavy atom. The zero-order valence-corrected chi connectivity index (χ0v) is 23.0. The van der Waals surface area contributed by atoms with E-state index in [1.54, 1.807) is 72.9 Å². The number of ether oxygens (including phenoxy) is 3. The fraction of sp³-hybridized carbons (Fsp3) is 0.483. The van der Waals surface area contributed by atoms with E-state index in [4.69, 9.17) is 14.2 Å². The van der Waals surface area contributed by atoms with Gasteiger partial charge in [0.25, 0.3) is 5.91 Å². The van der Waals surface area contributed by atoms with E-state index in [1.165, 1.54) is 4.90 Å². The summed E-state index contributed by atoms with van der Waals surface area (Å²) in [6.45, 7) is 10.5. The van der Waals surface area contributed by atoms with Gasteiger partial charge < -0.3 is 24.4 Å². The molecule has 2 aromatic carbocycles. The maximum absolute atomic E-state index is 13.5. The summed E-state index contributed by atoms with van der Waals surface area (Å²) in [5, 5.41) is 2.89. The van der Waals surface area contributed by atoms with Crippen molar-refractivity contribution < 1.29 is 28.6 Å². The molecule has 8 heteroatoms. The smallest absolute Gasteiger partial charge is 0.407 e. The number of methoxy groups -OCH3 is 1. The van der Waals surface area contributed by atoms with E-state index < -0.39 is 29.3 Å². The van der Waals surface area contributed by atoms with Crippen LogP contribution in [-0.2, 0) is 20.7 Å². The summed E-state index contributed by atoms with van der Waals surface area (Å²) in [5.74, 6) is -0.278. The molecule has 1 N–H and O–H groups in total. The average Bonchev–Trinajstić information content (AvgIpc) is 2.80. The minimum absolute atomic E-state index is 0.0934. The fourth-order valence-corrected chi connectivity index (χ4v) is 3.60. The SMILES string of the molecule is COc1ccc(C(=O)N(CC(=O)OC(C)(C)C)C[C@H](CCc2ccccc2)NC(=O)OC(C)(C)C)cc1. The Morgan fingerprint density at radius 2 is 1.46 bits per heavy atom. The molecular formula is C29H40N2O6. The number of hydrogen-bond donors (Lipinski definition) is 1. The molecule has 0 aliphatic heterocycles. The number of carbonyl (C=O) groups excluding carboxylic acids is 3. The van der Waals surface area contributed by atoms with Crippen molar-refractivity contribution in [3.8, 4) is 5.75 Å². The van der Waals surface area contributed by atoms with Crippen LogP contribution < -0.4 is 10.1 Å². The fourth-order valence-electron chi connectivity index (χ4n) is 3.60. The molecule has 0 spiro atoms. The van der Waals surface area contributed by atoms with Gasteiger partial charge in [0.2, 0.25) is 0 Å². The molecule has 2 amide bonds. The van der Waals surface area contributed by atoms with E-state index in [0.717, 1.165) is 5.56 Å². The van der Waals surface area contributed by atoms with Crippen LogP contribution in [0.25, 0.3) is 0 Å². The van der Waals surface area contributed by atoms with Crippen LogP contribution in [0.2, 0.25) is 0 Å². The molecule has 0 radical (unpaired) electrons. The van der Waals surface area contributed by atoms with Crippen LogP contribution in [-0.4, -0.2) is 60.3 Å². The number of aryl methyl sites for hydroxylation is 1. The number of carbonyl (C=O) groups is 3. The quantitative estimate of drug-likeness (QED) is 0.450. The number of benzene rings is 2. The number of esters is 1. The zero-order chi connectivity index (χ0) is 27.6. The van der Waals surface area contributed by atoms with Gasteiger partial charge >= 0.3 is 12.1 Å². The van der Waals surface area contributed by atoms with Crippen LogP contribution in [0.3, 0.4) is 0 Å². The lowest BCUT2D eigenvalue weighted by Gasteiger charge is -2.30. The summed E-state index contributed by atoms with van der Waals surface area (Å²) in [7, 11) is 1.55. The standard InChI is InChI=1S/C29H40N2O6/c1-28(2,3)36-25(32)20-31(26(33)22-14-17-24(35-7)18-15-22)19-23(30-27(34)37-29(4,5)6)16-13-21-11-9-8-10-12-21/h8-12,14-15,17-18,23H,13,16,19-20H2,1-7H3,(H,30,34)/t23-/m0/s1. The number of nitrogens with one attached hydrogen (secondary N) is 1. The number of alkyl carbamates (subject to hydrolysis) is 1. The average molecular weight is 513 g/mol. The van der Waals surface area contributed by atoms with Crippen molar-refractivity contribution in [2.75, 3.05) is 20.2 Å². The summed E-state index contributed by atoms with van der Waals surface area (Å²) in [4.78, 5) is 40.3. The van der Waals surface area contributed by atoms with Gasteiger partial charge in [-0.3, -0.25) is 9.59 Å². The Kier molecular flexibility index (Phi) is 10.5. The summed E-state index contributed by atoms with van der Waals surface area (Å²) < 4.78 is 16.1. The molecule has 1 atom stereocenters. The van der Waals surface area contributed by atoms with Crippen LogP contribution in [0.15, 0.2) is 54.6 Å². The number of hydrogen-bond acceptors (Lipinski definition) is 6. The topological polar surface area (TPSA) is 94.2 Å². The molecule has 8 nitrogen and oxygen atoms in total. The highest BCUT2D eigenvalue weighted by molar-refractivity contribution is 5.96. The predicted octanol–water partition coefficient (Wildman–Crippen LogP) is 5.01. The Balaban J connectivity index is 2.29. The molecule has 0 aromatic heterocycles. The van der Waals surface area contributed by atoms with Gasteiger partial charge in [-0.05, 0) is 84.2 Å². The first-order chi connectivity index (χ1) is 17.3. The third kappa shape index (κ3) is 11.4. The minimum Gasteiger partial charge on any atom is -0.497 e. The molecule has 0 saturated heterocycles. The van der Waals surface area contributed by atoms with E-state index >= 15 is 0 Å². The van der Waals surface area contributed by atoms with Gasteiger partial charge in [0.15, 0.2) is 0 Å². The van der Waals surface area contributed by atoms with Gasteiger partial charge in [-0.1, -0.05) is 30.3 Å². The highest BCUT2D eigenvalue weighted by Crippen LogP contribution is 2.16. The molecule has 202 valence electrons. The molecule has 2 aromatic rings. The zero-order valence-electron chi connectivity index (χ0n) is 23.0. The minimum atomic E-state index is -0.701. The van der Waals surface area contributed by atoms with Gasteiger partial charge in [-0.2, -0.15) is 0 Å². The van der Waals surface area contributed by atoms with Crippen molar-refractivity contribution in [3.05, 3.63) is 65.7 Å². The molecule has 0 unspecified atom stereocenters. The van der Waals surface area contributed by atoms with Crippen molar-refractivity contribution >= 4 is 18.0 Å². The molecule has 0 bridgehead atoms. The Bertz CT molecular complexity index is 1020. The number of nitrogens with zero attached hydrogens (tertiary/aromatic N) is 1. The first kappa shape index (κ1) is 29.7. The monoisotopic (exact) mass is 512 g/mol. The number of rotatable bonds is 10. The highest BCUT2D eigenvalue weighted by atomic mass is 16.6. The Hall–Kier alpha value is -3.55. The van der Waals surface area contributed by atoms with Crippen molar-refractivity contribution in [1.29, 1.82) is 0 Å². The second-order valence-electron chi connectivity index (χ2n) is 10.9. The van der Waals surface area contributed by atoms with E-state index in [2.05, 4.69) is 5.32 Å². The third-order valence-corrected chi connectivity index (χ3v) is 5.15. The second-order valence-corrected chi connectivity index (χ2v) is 10.9. The summed E-state index contributed by atoms with van der Waals surface area (Å²) in [5.41, 5.74) is 0.110. The van der Waals surface area contributed by atoms with E-state index in [0.29, 0.717) is 24.2 Å². The van der Waals surface area contributed by atoms with Crippen LogP contribution in [0, 0.1) is 0 Å². The highest BCUT2D eigenvalue weighted by Gasteiger charge is 2.27. The van der Waals surface area contributed by atoms with Gasteiger partial charge in [-0.25, -0.2) is 4.79 Å². The molecule has 37 heavy (non-hydrogen) atoms. The predicted molar refractivity (Wildman–Crippen MR) is 143 cm³/mol. The summed E-state index contributed by atoms with van der Waals surface area (Å²) in [6.07, 6.45) is 0.613. The number of amides is 2. The first-order valence-electron chi connectivity index (χ1n) is 12.4. The van der Waals surface area contributed by atoms with E-state index in [1.807, 2.05) is 30.3 Å². The lowest BCUT2D eigenvalue weighted by molar-refractivity contribution is -0.155. The molecule has 0 heterocycles. The molecular weight excluding hydrogens is 472 g/mol. The lowest BCUT2D eigenvalue weighted by Crippen LogP contribution is -2.49. The lowest BCUT2D eigenvalue weighted by atomic mass is 10.0. The molecule has 0 fully saturated rings. The van der Waals surface area contributed by atoms with Crippen molar-refractivity contribution in [1.82, 2.24) is 10.2 Å². The van der Waals surface area contributed by atoms with Crippen molar-refractivity contribution in [2.24, 2.45) is 0 Å². The van der Waals surface area contributed by atoms with Crippen LogP contribution in [0.5, 0.6) is 5.75 Å². The maximum atomic E-state index is 13.5. The van der Waals surface area contributed by atoms with Crippen LogP contribution in [0.4, 0.5) is 4.79 Å². The van der Waals surface area contributed by atoms with Crippen LogP contribution in [0.1, 0.15) is 63.9 Å². The summed E-state index contributed by atoms with van der Waals surface area (Å²) in [6, 6.07) is 16.0. The second kappa shape index (κ2) is 13.1. The molecule has 0 aliphatic rings. The van der Waals surface area contributed by atoms with Crippen molar-refractivity contribution in [3.63, 3.8) is 0 Å². The first-order valence-corrected chi connectivity index (χ1v) is 12.4. The van der Waals surface area contributed by atoms with Crippen LogP contribution >= 0.6 is 0 Å². The summed E-state index contributed by atoms with van der Waals surface area (Å²) >= 11 is 0. The Labute approximate surface area is 220 Å². The van der Waals surface area contributed by atoms with Gasteiger partial charge in [0.1, 0.15) is 23.5 Å². The Morgan fingerprint density at radius 3 is 2.00 bits per heavy atom. The normalized spacial score (nSPS) is 12.3. The van der Waals surface area contributed by atoms with Gasteiger partial charge in [-0.15, -0.1) is 0 Å². The van der Waals surface area contributed by atoms with Gasteiger partial charge in [0.05, 0.1) is 13.2 Å².